The maximum Gasteiger partial charge on any atom is 0.243 e. The molecule has 0 saturated carbocycles. The summed E-state index contributed by atoms with van der Waals surface area (Å²) in [6.45, 7) is 5.49. The normalized spacial score (nSPS) is 18.8. The molecule has 0 unspecified atom stereocenters. The van der Waals surface area contributed by atoms with Crippen LogP contribution >= 0.6 is 11.3 Å². The molecule has 5 nitrogen and oxygen atoms in total. The Kier molecular flexibility index (Phi) is 5.36. The summed E-state index contributed by atoms with van der Waals surface area (Å²) in [5.74, 6) is 0.871. The van der Waals surface area contributed by atoms with E-state index in [4.69, 9.17) is 0 Å². The molecule has 1 fully saturated rings. The molecular formula is C12H20N2O3S3. The zero-order valence-corrected chi connectivity index (χ0v) is 14.1. The Morgan fingerprint density at radius 1 is 1.40 bits per heavy atom. The van der Waals surface area contributed by atoms with Crippen LogP contribution in [0.25, 0.3) is 0 Å². The van der Waals surface area contributed by atoms with E-state index in [2.05, 4.69) is 19.2 Å². The maximum atomic E-state index is 12.5. The topological polar surface area (TPSA) is 66.5 Å². The van der Waals surface area contributed by atoms with Gasteiger partial charge >= 0.3 is 0 Å². The highest BCUT2D eigenvalue weighted by atomic mass is 32.2. The number of rotatable bonds is 5. The molecule has 8 heteroatoms. The molecule has 1 N–H and O–H groups in total. The molecule has 0 bridgehead atoms. The lowest BCUT2D eigenvalue weighted by atomic mass is 10.4. The van der Waals surface area contributed by atoms with Crippen LogP contribution in [0.5, 0.6) is 0 Å². The summed E-state index contributed by atoms with van der Waals surface area (Å²) in [5.41, 5.74) is 0. The van der Waals surface area contributed by atoms with Crippen molar-refractivity contribution in [1.29, 1.82) is 0 Å². The lowest BCUT2D eigenvalue weighted by Gasteiger charge is -2.24. The summed E-state index contributed by atoms with van der Waals surface area (Å²) in [5, 5.41) is 4.97. The number of nitrogens with zero attached hydrogens (tertiary/aromatic N) is 1. The number of sulfonamides is 1. The standard InChI is InChI=1S/C12H20N2O3S3/c1-10(2)13-8-11-7-12(9-18-11)20(16,17)14-3-5-19(15)6-4-14/h7,9-10,13H,3-6,8H2,1-2H3. The Morgan fingerprint density at radius 3 is 2.65 bits per heavy atom. The second-order valence-corrected chi connectivity index (χ2v) is 9.67. The molecular weight excluding hydrogens is 316 g/mol. The highest BCUT2D eigenvalue weighted by Gasteiger charge is 2.28. The van der Waals surface area contributed by atoms with Gasteiger partial charge in [-0.05, 0) is 6.07 Å². The summed E-state index contributed by atoms with van der Waals surface area (Å²) in [6.07, 6.45) is 0. The molecule has 0 spiro atoms. The minimum Gasteiger partial charge on any atom is -0.310 e. The van der Waals surface area contributed by atoms with Crippen LogP contribution in [0.1, 0.15) is 18.7 Å². The number of thiophene rings is 1. The van der Waals surface area contributed by atoms with Gasteiger partial charge in [0.25, 0.3) is 0 Å². The maximum absolute atomic E-state index is 12.5. The third kappa shape index (κ3) is 3.88. The summed E-state index contributed by atoms with van der Waals surface area (Å²) in [7, 11) is -4.29. The Hall–Kier alpha value is -0.280. The molecule has 20 heavy (non-hydrogen) atoms. The fraction of sp³-hybridized carbons (Fsp3) is 0.667. The highest BCUT2D eigenvalue weighted by Crippen LogP contribution is 2.23. The van der Waals surface area contributed by atoms with Crippen molar-refractivity contribution in [3.63, 3.8) is 0 Å². The van der Waals surface area contributed by atoms with Crippen molar-refractivity contribution in [1.82, 2.24) is 9.62 Å². The Morgan fingerprint density at radius 2 is 2.05 bits per heavy atom. The predicted molar refractivity (Wildman–Crippen MR) is 82.9 cm³/mol. The van der Waals surface area contributed by atoms with Crippen LogP contribution in [0.4, 0.5) is 0 Å². The zero-order valence-electron chi connectivity index (χ0n) is 11.7. The first-order chi connectivity index (χ1) is 9.39. The van der Waals surface area contributed by atoms with Gasteiger partial charge in [0.05, 0.1) is 4.90 Å². The van der Waals surface area contributed by atoms with Crippen LogP contribution in [0, 0.1) is 0 Å². The monoisotopic (exact) mass is 336 g/mol. The van der Waals surface area contributed by atoms with Crippen molar-refractivity contribution in [2.75, 3.05) is 24.6 Å². The first kappa shape index (κ1) is 16.1. The van der Waals surface area contributed by atoms with Gasteiger partial charge < -0.3 is 5.32 Å². The van der Waals surface area contributed by atoms with Gasteiger partial charge in [0.2, 0.25) is 10.0 Å². The predicted octanol–water partition coefficient (Wildman–Crippen LogP) is 0.999. The van der Waals surface area contributed by atoms with Crippen LogP contribution in [0.3, 0.4) is 0 Å². The fourth-order valence-electron chi connectivity index (χ4n) is 1.90. The van der Waals surface area contributed by atoms with Gasteiger partial charge in [-0.25, -0.2) is 8.42 Å². The molecule has 0 amide bonds. The molecule has 1 aliphatic rings. The van der Waals surface area contributed by atoms with Crippen molar-refractivity contribution in [2.24, 2.45) is 0 Å². The zero-order chi connectivity index (χ0) is 14.8. The van der Waals surface area contributed by atoms with E-state index in [0.717, 1.165) is 4.88 Å². The van der Waals surface area contributed by atoms with Crippen LogP contribution in [0.2, 0.25) is 0 Å². The van der Waals surface area contributed by atoms with Gasteiger partial charge in [0, 0.05) is 58.2 Å². The molecule has 1 aromatic rings. The molecule has 0 aromatic carbocycles. The lowest BCUT2D eigenvalue weighted by molar-refractivity contribution is 0.439. The second-order valence-electron chi connectivity index (χ2n) is 5.04. The minimum atomic E-state index is -3.42. The summed E-state index contributed by atoms with van der Waals surface area (Å²) in [6, 6.07) is 2.11. The van der Waals surface area contributed by atoms with Gasteiger partial charge in [-0.2, -0.15) is 4.31 Å². The van der Waals surface area contributed by atoms with Gasteiger partial charge in [-0.15, -0.1) is 11.3 Å². The van der Waals surface area contributed by atoms with Crippen molar-refractivity contribution in [2.45, 2.75) is 31.3 Å². The van der Waals surface area contributed by atoms with Crippen molar-refractivity contribution in [3.8, 4) is 0 Å². The van der Waals surface area contributed by atoms with E-state index >= 15 is 0 Å². The lowest BCUT2D eigenvalue weighted by Crippen LogP contribution is -2.41. The molecule has 0 aliphatic carbocycles. The van der Waals surface area contributed by atoms with Gasteiger partial charge in [-0.3, -0.25) is 4.21 Å². The summed E-state index contributed by atoms with van der Waals surface area (Å²) < 4.78 is 37.7. The van der Waals surface area contributed by atoms with Gasteiger partial charge in [0.1, 0.15) is 0 Å². The van der Waals surface area contributed by atoms with E-state index in [1.165, 1.54) is 15.6 Å². The molecule has 2 heterocycles. The average Bonchev–Trinajstić information content (AvgIpc) is 2.86. The summed E-state index contributed by atoms with van der Waals surface area (Å²) >= 11 is 1.45. The largest absolute Gasteiger partial charge is 0.310 e. The first-order valence-electron chi connectivity index (χ1n) is 6.55. The molecule has 1 saturated heterocycles. The Bertz CT molecular complexity index is 571. The Labute approximate surface area is 126 Å². The van der Waals surface area contributed by atoms with Crippen LogP contribution in [0.15, 0.2) is 16.3 Å². The number of hydrogen-bond acceptors (Lipinski definition) is 5. The quantitative estimate of drug-likeness (QED) is 0.871. The van der Waals surface area contributed by atoms with Gasteiger partial charge in [0.15, 0.2) is 0 Å². The van der Waals surface area contributed by atoms with Crippen LogP contribution in [-0.4, -0.2) is 47.6 Å². The van der Waals surface area contributed by atoms with Crippen molar-refractivity contribution in [3.05, 3.63) is 16.3 Å². The third-order valence-corrected chi connectivity index (χ3v) is 7.33. The Balaban J connectivity index is 2.08. The molecule has 0 radical (unpaired) electrons. The van der Waals surface area contributed by atoms with E-state index in [9.17, 15) is 12.6 Å². The van der Waals surface area contributed by atoms with Crippen molar-refractivity contribution >= 4 is 32.2 Å². The molecule has 1 aromatic heterocycles. The number of hydrogen-bond donors (Lipinski definition) is 1. The highest BCUT2D eigenvalue weighted by molar-refractivity contribution is 7.89. The van der Waals surface area contributed by atoms with Crippen LogP contribution in [-0.2, 0) is 27.4 Å². The van der Waals surface area contributed by atoms with E-state index in [1.807, 2.05) is 0 Å². The van der Waals surface area contributed by atoms with Gasteiger partial charge in [-0.1, -0.05) is 13.8 Å². The molecule has 0 atom stereocenters. The minimum absolute atomic E-state index is 0.352. The summed E-state index contributed by atoms with van der Waals surface area (Å²) in [4.78, 5) is 1.37. The number of nitrogens with one attached hydrogen (secondary N) is 1. The first-order valence-corrected chi connectivity index (χ1v) is 10.4. The van der Waals surface area contributed by atoms with E-state index in [1.54, 1.807) is 11.4 Å². The third-order valence-electron chi connectivity index (χ3n) is 3.09. The van der Waals surface area contributed by atoms with Crippen molar-refractivity contribution < 1.29 is 12.6 Å². The van der Waals surface area contributed by atoms with E-state index in [-0.39, 0.29) is 0 Å². The average molecular weight is 337 g/mol. The van der Waals surface area contributed by atoms with Crippen LogP contribution < -0.4 is 5.32 Å². The van der Waals surface area contributed by atoms with E-state index < -0.39 is 20.8 Å². The van der Waals surface area contributed by atoms with E-state index in [0.29, 0.717) is 42.1 Å². The SMILES string of the molecule is CC(C)NCc1cc(S(=O)(=O)N2CCS(=O)CC2)cs1. The smallest absolute Gasteiger partial charge is 0.243 e. The molecule has 114 valence electrons. The molecule has 1 aliphatic heterocycles. The second kappa shape index (κ2) is 6.65. The fourth-order valence-corrected chi connectivity index (χ4v) is 5.84. The molecule has 2 rings (SSSR count).